The van der Waals surface area contributed by atoms with Gasteiger partial charge in [-0.05, 0) is 0 Å². The van der Waals surface area contributed by atoms with Crippen LogP contribution < -0.4 is 0 Å². The maximum absolute atomic E-state index is 9.44. The Morgan fingerprint density at radius 3 is 3.00 bits per heavy atom. The Morgan fingerprint density at radius 2 is 2.44 bits per heavy atom. The Labute approximate surface area is 52.8 Å². The SMILES string of the molecule is N#COCCCN=C=O. The second-order valence-corrected chi connectivity index (χ2v) is 1.27. The number of hydrogen-bond donors (Lipinski definition) is 0. The van der Waals surface area contributed by atoms with E-state index in [2.05, 4.69) is 9.73 Å². The third-order valence-corrected chi connectivity index (χ3v) is 0.645. The lowest BCUT2D eigenvalue weighted by Gasteiger charge is -1.88. The van der Waals surface area contributed by atoms with E-state index in [1.807, 2.05) is 0 Å². The molecule has 0 unspecified atom stereocenters. The number of nitrogens with zero attached hydrogens (tertiary/aromatic N) is 2. The zero-order chi connectivity index (χ0) is 6.95. The first-order valence-corrected chi connectivity index (χ1v) is 2.46. The molecule has 0 aromatic heterocycles. The van der Waals surface area contributed by atoms with Crippen LogP contribution in [0, 0.1) is 11.5 Å². The quantitative estimate of drug-likeness (QED) is 0.234. The Bertz CT molecular complexity index is 144. The van der Waals surface area contributed by atoms with Crippen LogP contribution in [0.1, 0.15) is 6.42 Å². The molecule has 0 N–H and O–H groups in total. The van der Waals surface area contributed by atoms with Crippen molar-refractivity contribution in [1.82, 2.24) is 0 Å². The minimum atomic E-state index is 0.321. The van der Waals surface area contributed by atoms with Crippen molar-refractivity contribution in [3.63, 3.8) is 0 Å². The maximum Gasteiger partial charge on any atom is 0.286 e. The summed E-state index contributed by atoms with van der Waals surface area (Å²) in [4.78, 5) is 12.7. The van der Waals surface area contributed by atoms with Gasteiger partial charge in [-0.15, -0.1) is 0 Å². The van der Waals surface area contributed by atoms with Crippen molar-refractivity contribution in [3.05, 3.63) is 0 Å². The molecule has 0 aliphatic heterocycles. The summed E-state index contributed by atoms with van der Waals surface area (Å²) in [6, 6.07) is 0. The van der Waals surface area contributed by atoms with Gasteiger partial charge in [0.05, 0.1) is 6.54 Å². The molecule has 0 aliphatic carbocycles. The summed E-state index contributed by atoms with van der Waals surface area (Å²) in [5.41, 5.74) is 0. The van der Waals surface area contributed by atoms with Gasteiger partial charge in [-0.3, -0.25) is 0 Å². The van der Waals surface area contributed by atoms with E-state index in [1.165, 1.54) is 12.3 Å². The molecule has 4 nitrogen and oxygen atoms in total. The smallest absolute Gasteiger partial charge is 0.286 e. The van der Waals surface area contributed by atoms with Crippen molar-refractivity contribution < 1.29 is 9.53 Å². The van der Waals surface area contributed by atoms with E-state index in [1.54, 1.807) is 0 Å². The molecule has 0 amide bonds. The number of aliphatic imine (C=N–C) groups is 1. The summed E-state index contributed by atoms with van der Waals surface area (Å²) in [6.07, 6.45) is 3.47. The zero-order valence-electron chi connectivity index (χ0n) is 4.83. The molecule has 0 saturated heterocycles. The van der Waals surface area contributed by atoms with Crippen LogP contribution in [0.3, 0.4) is 0 Å². The van der Waals surface area contributed by atoms with E-state index in [0.717, 1.165) is 0 Å². The molecule has 48 valence electrons. The number of nitriles is 1. The lowest BCUT2D eigenvalue weighted by Crippen LogP contribution is -1.89. The molecule has 0 spiro atoms. The molecule has 4 heteroatoms. The van der Waals surface area contributed by atoms with E-state index < -0.39 is 0 Å². The fourth-order valence-electron chi connectivity index (χ4n) is 0.307. The molecule has 0 heterocycles. The first kappa shape index (κ1) is 7.67. The van der Waals surface area contributed by atoms with Gasteiger partial charge in [0.2, 0.25) is 6.08 Å². The predicted octanol–water partition coefficient (Wildman–Crippen LogP) is 0.210. The van der Waals surface area contributed by atoms with Crippen molar-refractivity contribution in [2.75, 3.05) is 13.2 Å². The molecule has 0 aromatic carbocycles. The van der Waals surface area contributed by atoms with Crippen molar-refractivity contribution in [2.24, 2.45) is 4.99 Å². The van der Waals surface area contributed by atoms with Gasteiger partial charge in [0.15, 0.2) is 0 Å². The van der Waals surface area contributed by atoms with Gasteiger partial charge in [-0.1, -0.05) is 0 Å². The van der Waals surface area contributed by atoms with Crippen LogP contribution >= 0.6 is 0 Å². The van der Waals surface area contributed by atoms with E-state index in [4.69, 9.17) is 5.26 Å². The molecule has 9 heavy (non-hydrogen) atoms. The Hall–Kier alpha value is -1.33. The van der Waals surface area contributed by atoms with Crippen LogP contribution in [0.5, 0.6) is 0 Å². The fraction of sp³-hybridized carbons (Fsp3) is 0.600. The molecule has 0 fully saturated rings. The van der Waals surface area contributed by atoms with Gasteiger partial charge in [-0.25, -0.2) is 9.79 Å². The molecule has 0 rings (SSSR count). The highest BCUT2D eigenvalue weighted by Crippen LogP contribution is 1.80. The molecular formula is C5H6N2O2. The lowest BCUT2D eigenvalue weighted by molar-refractivity contribution is 0.267. The van der Waals surface area contributed by atoms with E-state index in [-0.39, 0.29) is 0 Å². The Morgan fingerprint density at radius 1 is 1.67 bits per heavy atom. The zero-order valence-corrected chi connectivity index (χ0v) is 4.83. The molecule has 0 aromatic rings. The summed E-state index contributed by atoms with van der Waals surface area (Å²) in [7, 11) is 0. The Balaban J connectivity index is 2.93. The van der Waals surface area contributed by atoms with Gasteiger partial charge >= 0.3 is 0 Å². The number of rotatable bonds is 4. The normalized spacial score (nSPS) is 7.00. The van der Waals surface area contributed by atoms with Crippen LogP contribution in [0.4, 0.5) is 0 Å². The summed E-state index contributed by atoms with van der Waals surface area (Å²) < 4.78 is 4.30. The van der Waals surface area contributed by atoms with Crippen molar-refractivity contribution in [1.29, 1.82) is 5.26 Å². The monoisotopic (exact) mass is 126 g/mol. The maximum atomic E-state index is 9.44. The molecule has 0 radical (unpaired) electrons. The largest absolute Gasteiger partial charge is 0.427 e. The van der Waals surface area contributed by atoms with Crippen molar-refractivity contribution >= 4 is 6.08 Å². The molecule has 0 aliphatic rings. The predicted molar refractivity (Wildman–Crippen MR) is 29.2 cm³/mol. The highest BCUT2D eigenvalue weighted by molar-refractivity contribution is 5.32. The van der Waals surface area contributed by atoms with Crippen LogP contribution in [-0.4, -0.2) is 19.2 Å². The van der Waals surface area contributed by atoms with E-state index in [0.29, 0.717) is 19.6 Å². The highest BCUT2D eigenvalue weighted by Gasteiger charge is 1.82. The van der Waals surface area contributed by atoms with Crippen molar-refractivity contribution in [2.45, 2.75) is 6.42 Å². The Kier molecular flexibility index (Phi) is 5.68. The molecular weight excluding hydrogens is 120 g/mol. The second kappa shape index (κ2) is 6.67. The molecule has 0 saturated carbocycles. The van der Waals surface area contributed by atoms with Crippen molar-refractivity contribution in [3.8, 4) is 6.26 Å². The first-order chi connectivity index (χ1) is 4.41. The van der Waals surface area contributed by atoms with Gasteiger partial charge in [0.1, 0.15) is 6.61 Å². The summed E-state index contributed by atoms with van der Waals surface area (Å²) >= 11 is 0. The van der Waals surface area contributed by atoms with Crippen LogP contribution in [0.15, 0.2) is 4.99 Å². The first-order valence-electron chi connectivity index (χ1n) is 2.46. The number of hydrogen-bond acceptors (Lipinski definition) is 4. The van der Waals surface area contributed by atoms with E-state index >= 15 is 0 Å². The van der Waals surface area contributed by atoms with Gasteiger partial charge < -0.3 is 4.74 Å². The van der Waals surface area contributed by atoms with Crippen LogP contribution in [-0.2, 0) is 9.53 Å². The van der Waals surface area contributed by atoms with Gasteiger partial charge in [-0.2, -0.15) is 5.26 Å². The fourth-order valence-corrected chi connectivity index (χ4v) is 0.307. The third kappa shape index (κ3) is 6.67. The van der Waals surface area contributed by atoms with Gasteiger partial charge in [0, 0.05) is 6.42 Å². The number of isocyanates is 1. The van der Waals surface area contributed by atoms with E-state index in [9.17, 15) is 4.79 Å². The lowest BCUT2D eigenvalue weighted by atomic mass is 10.5. The average molecular weight is 126 g/mol. The minimum Gasteiger partial charge on any atom is -0.427 e. The summed E-state index contributed by atoms with van der Waals surface area (Å²) in [6.45, 7) is 0.701. The summed E-state index contributed by atoms with van der Waals surface area (Å²) in [5, 5.41) is 7.84. The topological polar surface area (TPSA) is 62.4 Å². The van der Waals surface area contributed by atoms with Crippen LogP contribution in [0.2, 0.25) is 0 Å². The standard InChI is InChI=1S/C5H6N2O2/c6-4-9-3-1-2-7-5-8/h1-3H2. The number of carbonyl (C=O) groups excluding carboxylic acids is 1. The van der Waals surface area contributed by atoms with Gasteiger partial charge in [0.25, 0.3) is 6.26 Å². The molecule has 0 atom stereocenters. The minimum absolute atomic E-state index is 0.321. The van der Waals surface area contributed by atoms with Crippen LogP contribution in [0.25, 0.3) is 0 Å². The average Bonchev–Trinajstić information content (AvgIpc) is 1.89. The second-order valence-electron chi connectivity index (χ2n) is 1.27. The third-order valence-electron chi connectivity index (χ3n) is 0.645. The number of ether oxygens (including phenoxy) is 1. The highest BCUT2D eigenvalue weighted by atomic mass is 16.5. The molecule has 0 bridgehead atoms. The summed E-state index contributed by atoms with van der Waals surface area (Å²) in [5.74, 6) is 0.